The molecule has 0 radical (unpaired) electrons. The molecular weight excluding hydrogens is 150 g/mol. The molecule has 0 aromatic heterocycles. The second-order valence-electron chi connectivity index (χ2n) is 2.88. The molecule has 0 aliphatic carbocycles. The summed E-state index contributed by atoms with van der Waals surface area (Å²) in [6.45, 7) is 9.32. The first kappa shape index (κ1) is 11.6. The van der Waals surface area contributed by atoms with E-state index in [2.05, 4.69) is 11.8 Å². The molecule has 1 aliphatic rings. The highest BCUT2D eigenvalue weighted by atomic mass is 16.1. The minimum Gasteiger partial charge on any atom is -0.302 e. The van der Waals surface area contributed by atoms with E-state index < -0.39 is 0 Å². The van der Waals surface area contributed by atoms with Crippen LogP contribution in [-0.2, 0) is 4.79 Å². The van der Waals surface area contributed by atoms with Crippen LogP contribution in [0.5, 0.6) is 0 Å². The fourth-order valence-electron chi connectivity index (χ4n) is 1.34. The fraction of sp³-hybridized carbons (Fsp3) is 0.900. The van der Waals surface area contributed by atoms with E-state index in [-0.39, 0.29) is 0 Å². The Bertz CT molecular complexity index is 113. The van der Waals surface area contributed by atoms with Crippen molar-refractivity contribution in [3.8, 4) is 0 Å². The van der Waals surface area contributed by atoms with Crippen molar-refractivity contribution in [3.05, 3.63) is 0 Å². The van der Waals surface area contributed by atoms with E-state index in [4.69, 9.17) is 0 Å². The number of carbonyl (C=O) groups is 1. The lowest BCUT2D eigenvalue weighted by atomic mass is 10.1. The Hall–Kier alpha value is -0.370. The zero-order valence-corrected chi connectivity index (χ0v) is 8.60. The Morgan fingerprint density at radius 2 is 1.75 bits per heavy atom. The number of hydrogen-bond acceptors (Lipinski definition) is 2. The van der Waals surface area contributed by atoms with Gasteiger partial charge in [0.2, 0.25) is 0 Å². The van der Waals surface area contributed by atoms with Gasteiger partial charge in [-0.1, -0.05) is 20.8 Å². The molecule has 2 nitrogen and oxygen atoms in total. The normalized spacial score (nSPS) is 18.4. The van der Waals surface area contributed by atoms with Crippen molar-refractivity contribution in [1.29, 1.82) is 0 Å². The van der Waals surface area contributed by atoms with Gasteiger partial charge in [-0.05, 0) is 13.0 Å². The first-order valence-electron chi connectivity index (χ1n) is 5.07. The van der Waals surface area contributed by atoms with Crippen LogP contribution in [-0.4, -0.2) is 30.3 Å². The van der Waals surface area contributed by atoms with Crippen molar-refractivity contribution in [2.24, 2.45) is 0 Å². The van der Waals surface area contributed by atoms with E-state index in [0.29, 0.717) is 5.78 Å². The summed E-state index contributed by atoms with van der Waals surface area (Å²) in [5, 5.41) is 0. The van der Waals surface area contributed by atoms with Crippen molar-refractivity contribution in [3.63, 3.8) is 0 Å². The summed E-state index contributed by atoms with van der Waals surface area (Å²) in [5.74, 6) is 0.437. The SMILES string of the molecule is CC.CCCN1CCC(=O)CC1. The van der Waals surface area contributed by atoms with Gasteiger partial charge in [-0.25, -0.2) is 0 Å². The van der Waals surface area contributed by atoms with Gasteiger partial charge in [0.05, 0.1) is 0 Å². The van der Waals surface area contributed by atoms with Gasteiger partial charge in [0.1, 0.15) is 5.78 Å². The van der Waals surface area contributed by atoms with Gasteiger partial charge in [0, 0.05) is 25.9 Å². The Labute approximate surface area is 75.9 Å². The Balaban J connectivity index is 0.000000561. The van der Waals surface area contributed by atoms with E-state index in [1.807, 2.05) is 13.8 Å². The molecule has 0 unspecified atom stereocenters. The van der Waals surface area contributed by atoms with Crippen molar-refractivity contribution < 1.29 is 4.79 Å². The zero-order chi connectivity index (χ0) is 9.40. The lowest BCUT2D eigenvalue weighted by Crippen LogP contribution is -2.34. The monoisotopic (exact) mass is 171 g/mol. The Morgan fingerprint density at radius 3 is 2.17 bits per heavy atom. The third kappa shape index (κ3) is 4.50. The van der Waals surface area contributed by atoms with E-state index in [1.54, 1.807) is 0 Å². The third-order valence-electron chi connectivity index (χ3n) is 1.95. The van der Waals surface area contributed by atoms with Crippen molar-refractivity contribution in [1.82, 2.24) is 4.90 Å². The van der Waals surface area contributed by atoms with Crippen molar-refractivity contribution in [2.45, 2.75) is 40.0 Å². The molecule has 0 bridgehead atoms. The fourth-order valence-corrected chi connectivity index (χ4v) is 1.34. The molecule has 1 heterocycles. The number of hydrogen-bond donors (Lipinski definition) is 0. The first-order valence-corrected chi connectivity index (χ1v) is 5.07. The standard InChI is InChI=1S/C8H15NO.C2H6/c1-2-5-9-6-3-8(10)4-7-9;1-2/h2-7H2,1H3;1-2H3. The molecule has 0 saturated carbocycles. The maximum absolute atomic E-state index is 10.8. The summed E-state index contributed by atoms with van der Waals surface area (Å²) < 4.78 is 0. The minimum absolute atomic E-state index is 0.437. The van der Waals surface area contributed by atoms with E-state index in [9.17, 15) is 4.79 Å². The number of carbonyl (C=O) groups excluding carboxylic acids is 1. The van der Waals surface area contributed by atoms with Crippen LogP contribution in [0.25, 0.3) is 0 Å². The van der Waals surface area contributed by atoms with Crippen LogP contribution < -0.4 is 0 Å². The van der Waals surface area contributed by atoms with Crippen LogP contribution in [0.1, 0.15) is 40.0 Å². The molecule has 1 fully saturated rings. The molecule has 1 rings (SSSR count). The van der Waals surface area contributed by atoms with Crippen LogP contribution in [0.15, 0.2) is 0 Å². The summed E-state index contributed by atoms with van der Waals surface area (Å²) in [6.07, 6.45) is 2.76. The second-order valence-corrected chi connectivity index (χ2v) is 2.88. The largest absolute Gasteiger partial charge is 0.302 e. The highest BCUT2D eigenvalue weighted by Crippen LogP contribution is 2.05. The number of Topliss-reactive ketones (excluding diaryl/α,β-unsaturated/α-hetero) is 1. The van der Waals surface area contributed by atoms with Gasteiger partial charge in [-0.15, -0.1) is 0 Å². The van der Waals surface area contributed by atoms with Crippen LogP contribution >= 0.6 is 0 Å². The van der Waals surface area contributed by atoms with Crippen molar-refractivity contribution >= 4 is 5.78 Å². The highest BCUT2D eigenvalue weighted by molar-refractivity contribution is 5.79. The molecule has 0 atom stereocenters. The molecule has 1 aliphatic heterocycles. The Kier molecular flexibility index (Phi) is 7.06. The molecule has 0 aromatic carbocycles. The van der Waals surface area contributed by atoms with Gasteiger partial charge in [-0.2, -0.15) is 0 Å². The topological polar surface area (TPSA) is 20.3 Å². The van der Waals surface area contributed by atoms with E-state index in [0.717, 1.165) is 32.5 Å². The number of piperidine rings is 1. The van der Waals surface area contributed by atoms with Gasteiger partial charge in [0.25, 0.3) is 0 Å². The van der Waals surface area contributed by atoms with Gasteiger partial charge in [-0.3, -0.25) is 4.79 Å². The molecule has 0 N–H and O–H groups in total. The predicted molar refractivity (Wildman–Crippen MR) is 52.3 cm³/mol. The number of ketones is 1. The second kappa shape index (κ2) is 7.29. The van der Waals surface area contributed by atoms with Gasteiger partial charge >= 0.3 is 0 Å². The minimum atomic E-state index is 0.437. The summed E-state index contributed by atoms with van der Waals surface area (Å²) in [7, 11) is 0. The van der Waals surface area contributed by atoms with Crippen molar-refractivity contribution in [2.75, 3.05) is 19.6 Å². The van der Waals surface area contributed by atoms with E-state index >= 15 is 0 Å². The molecule has 0 amide bonds. The molecule has 2 heteroatoms. The smallest absolute Gasteiger partial charge is 0.135 e. The maximum Gasteiger partial charge on any atom is 0.135 e. The maximum atomic E-state index is 10.8. The third-order valence-corrected chi connectivity index (χ3v) is 1.95. The van der Waals surface area contributed by atoms with Crippen LogP contribution in [0.4, 0.5) is 0 Å². The van der Waals surface area contributed by atoms with E-state index in [1.165, 1.54) is 6.42 Å². The quantitative estimate of drug-likeness (QED) is 0.634. The van der Waals surface area contributed by atoms with Crippen LogP contribution in [0.2, 0.25) is 0 Å². The Morgan fingerprint density at radius 1 is 1.25 bits per heavy atom. The summed E-state index contributed by atoms with van der Waals surface area (Å²) in [6, 6.07) is 0. The molecule has 0 spiro atoms. The van der Waals surface area contributed by atoms with Crippen LogP contribution in [0, 0.1) is 0 Å². The number of likely N-dealkylation sites (tertiary alicyclic amines) is 1. The predicted octanol–water partition coefficient (Wildman–Crippen LogP) is 2.09. The molecule has 12 heavy (non-hydrogen) atoms. The summed E-state index contributed by atoms with van der Waals surface area (Å²) in [5.41, 5.74) is 0. The summed E-state index contributed by atoms with van der Waals surface area (Å²) >= 11 is 0. The molecular formula is C10H21NO. The highest BCUT2D eigenvalue weighted by Gasteiger charge is 2.14. The lowest BCUT2D eigenvalue weighted by Gasteiger charge is -2.24. The van der Waals surface area contributed by atoms with Gasteiger partial charge in [0.15, 0.2) is 0 Å². The van der Waals surface area contributed by atoms with Gasteiger partial charge < -0.3 is 4.90 Å². The summed E-state index contributed by atoms with van der Waals surface area (Å²) in [4.78, 5) is 13.1. The van der Waals surface area contributed by atoms with Crippen LogP contribution in [0.3, 0.4) is 0 Å². The average Bonchev–Trinajstić information content (AvgIpc) is 2.13. The average molecular weight is 171 g/mol. The number of rotatable bonds is 2. The molecule has 72 valence electrons. The zero-order valence-electron chi connectivity index (χ0n) is 8.60. The molecule has 1 saturated heterocycles. The molecule has 0 aromatic rings. The lowest BCUT2D eigenvalue weighted by molar-refractivity contribution is -0.121. The first-order chi connectivity index (χ1) is 5.83. The number of nitrogens with zero attached hydrogens (tertiary/aromatic N) is 1.